The number of methoxy groups -OCH3 is 2. The number of ether oxygens (including phenoxy) is 2. The molecule has 0 bridgehead atoms. The van der Waals surface area contributed by atoms with Gasteiger partial charge in [-0.3, -0.25) is 4.79 Å². The third-order valence-electron chi connectivity index (χ3n) is 6.25. The Bertz CT molecular complexity index is 1330. The number of rotatable bonds is 10. The minimum absolute atomic E-state index is 0.163. The molecule has 36 heavy (non-hydrogen) atoms. The predicted molar refractivity (Wildman–Crippen MR) is 143 cm³/mol. The first kappa shape index (κ1) is 25.6. The lowest BCUT2D eigenvalue weighted by Crippen LogP contribution is -2.33. The van der Waals surface area contributed by atoms with Crippen molar-refractivity contribution in [1.82, 2.24) is 14.3 Å². The van der Waals surface area contributed by atoms with Gasteiger partial charge in [-0.1, -0.05) is 61.8 Å². The second-order valence-corrected chi connectivity index (χ2v) is 9.55. The summed E-state index contributed by atoms with van der Waals surface area (Å²) in [5, 5.41) is 0.246. The number of imidazole rings is 1. The van der Waals surface area contributed by atoms with Gasteiger partial charge < -0.3 is 18.8 Å². The Morgan fingerprint density at radius 1 is 1.03 bits per heavy atom. The van der Waals surface area contributed by atoms with Crippen molar-refractivity contribution in [2.75, 3.05) is 20.8 Å². The van der Waals surface area contributed by atoms with Gasteiger partial charge in [0.05, 0.1) is 42.7 Å². The maximum absolute atomic E-state index is 13.8. The lowest BCUT2D eigenvalue weighted by Gasteiger charge is -2.24. The van der Waals surface area contributed by atoms with Crippen molar-refractivity contribution in [3.05, 3.63) is 94.4 Å². The monoisotopic (exact) mass is 505 g/mol. The van der Waals surface area contributed by atoms with Crippen LogP contribution in [0, 0.1) is 5.92 Å². The van der Waals surface area contributed by atoms with Crippen molar-refractivity contribution in [3.8, 4) is 11.5 Å². The van der Waals surface area contributed by atoms with Crippen LogP contribution >= 0.6 is 11.6 Å². The normalized spacial score (nSPS) is 11.2. The van der Waals surface area contributed by atoms with Crippen molar-refractivity contribution in [2.45, 2.75) is 33.2 Å². The second-order valence-electron chi connectivity index (χ2n) is 9.17. The Hall–Kier alpha value is -3.51. The third kappa shape index (κ3) is 5.49. The number of benzene rings is 2. The van der Waals surface area contributed by atoms with E-state index in [1.807, 2.05) is 47.5 Å². The van der Waals surface area contributed by atoms with Crippen LogP contribution in [0.3, 0.4) is 0 Å². The van der Waals surface area contributed by atoms with Gasteiger partial charge in [0, 0.05) is 19.2 Å². The number of hydrogen-bond acceptors (Lipinski definition) is 4. The number of halogens is 1. The van der Waals surface area contributed by atoms with E-state index in [1.165, 1.54) is 12.7 Å². The Morgan fingerprint density at radius 2 is 1.78 bits per heavy atom. The van der Waals surface area contributed by atoms with Gasteiger partial charge in [-0.15, -0.1) is 0 Å². The molecule has 0 aliphatic rings. The molecule has 0 spiro atoms. The van der Waals surface area contributed by atoms with E-state index in [1.54, 1.807) is 19.2 Å². The van der Waals surface area contributed by atoms with Gasteiger partial charge in [0.2, 0.25) is 0 Å². The van der Waals surface area contributed by atoms with Crippen LogP contribution in [0.25, 0.3) is 5.65 Å². The Morgan fingerprint density at radius 3 is 2.47 bits per heavy atom. The van der Waals surface area contributed by atoms with Crippen LogP contribution in [0.15, 0.2) is 66.9 Å². The SMILES string of the molecule is COc1ccc(C(=O)N(CCC(C)C)Cc2nc3ccccn3c2Cc2ccccc2)c(Cl)c1OC. The summed E-state index contributed by atoms with van der Waals surface area (Å²) in [5.74, 6) is 1.11. The van der Waals surface area contributed by atoms with Gasteiger partial charge in [0.1, 0.15) is 5.65 Å². The molecule has 0 radical (unpaired) electrons. The highest BCUT2D eigenvalue weighted by molar-refractivity contribution is 6.35. The molecular formula is C29H32ClN3O3. The van der Waals surface area contributed by atoms with Crippen molar-refractivity contribution in [2.24, 2.45) is 5.92 Å². The summed E-state index contributed by atoms with van der Waals surface area (Å²) in [6.07, 6.45) is 3.60. The highest BCUT2D eigenvalue weighted by Crippen LogP contribution is 2.38. The minimum Gasteiger partial charge on any atom is -0.493 e. The summed E-state index contributed by atoms with van der Waals surface area (Å²) < 4.78 is 12.9. The summed E-state index contributed by atoms with van der Waals surface area (Å²) in [7, 11) is 3.06. The molecule has 188 valence electrons. The van der Waals surface area contributed by atoms with E-state index in [-0.39, 0.29) is 10.9 Å². The Labute approximate surface area is 217 Å². The zero-order chi connectivity index (χ0) is 25.7. The van der Waals surface area contributed by atoms with Gasteiger partial charge in [0.15, 0.2) is 11.5 Å². The van der Waals surface area contributed by atoms with E-state index in [2.05, 4.69) is 30.4 Å². The van der Waals surface area contributed by atoms with Crippen molar-refractivity contribution >= 4 is 23.2 Å². The first-order valence-corrected chi connectivity index (χ1v) is 12.5. The largest absolute Gasteiger partial charge is 0.493 e. The summed E-state index contributed by atoms with van der Waals surface area (Å²) in [6.45, 7) is 5.26. The lowest BCUT2D eigenvalue weighted by atomic mass is 10.1. The summed E-state index contributed by atoms with van der Waals surface area (Å²) in [4.78, 5) is 20.6. The Balaban J connectivity index is 1.73. The molecule has 2 aromatic heterocycles. The Kier molecular flexibility index (Phi) is 8.16. The molecule has 0 saturated heterocycles. The van der Waals surface area contributed by atoms with E-state index < -0.39 is 0 Å². The average Bonchev–Trinajstić information content (AvgIpc) is 3.23. The first-order chi connectivity index (χ1) is 17.4. The lowest BCUT2D eigenvalue weighted by molar-refractivity contribution is 0.0733. The molecule has 6 nitrogen and oxygen atoms in total. The highest BCUT2D eigenvalue weighted by atomic mass is 35.5. The van der Waals surface area contributed by atoms with Crippen LogP contribution in [0.2, 0.25) is 5.02 Å². The first-order valence-electron chi connectivity index (χ1n) is 12.1. The molecule has 4 rings (SSSR count). The molecule has 0 N–H and O–H groups in total. The van der Waals surface area contributed by atoms with Crippen LogP contribution in [0.4, 0.5) is 0 Å². The van der Waals surface area contributed by atoms with Gasteiger partial charge >= 0.3 is 0 Å². The number of pyridine rings is 1. The number of amides is 1. The van der Waals surface area contributed by atoms with E-state index in [9.17, 15) is 4.79 Å². The summed E-state index contributed by atoms with van der Waals surface area (Å²) in [6, 6.07) is 19.7. The van der Waals surface area contributed by atoms with Crippen molar-refractivity contribution < 1.29 is 14.3 Å². The van der Waals surface area contributed by atoms with Crippen molar-refractivity contribution in [1.29, 1.82) is 0 Å². The van der Waals surface area contributed by atoms with Crippen LogP contribution in [0.1, 0.15) is 47.6 Å². The van der Waals surface area contributed by atoms with Crippen molar-refractivity contribution in [3.63, 3.8) is 0 Å². The van der Waals surface area contributed by atoms with Crippen LogP contribution < -0.4 is 9.47 Å². The molecule has 0 atom stereocenters. The second kappa shape index (κ2) is 11.5. The number of hydrogen-bond donors (Lipinski definition) is 0. The van der Waals surface area contributed by atoms with Crippen LogP contribution in [0.5, 0.6) is 11.5 Å². The molecule has 1 amide bonds. The van der Waals surface area contributed by atoms with Gasteiger partial charge in [0.25, 0.3) is 5.91 Å². The number of nitrogens with zero attached hydrogens (tertiary/aromatic N) is 3. The quantitative estimate of drug-likeness (QED) is 0.254. The van der Waals surface area contributed by atoms with Gasteiger partial charge in [-0.25, -0.2) is 4.98 Å². The van der Waals surface area contributed by atoms with E-state index in [0.29, 0.717) is 42.5 Å². The summed E-state index contributed by atoms with van der Waals surface area (Å²) >= 11 is 6.63. The zero-order valence-electron chi connectivity index (χ0n) is 21.2. The maximum Gasteiger partial charge on any atom is 0.255 e. The van der Waals surface area contributed by atoms with Gasteiger partial charge in [-0.05, 0) is 42.2 Å². The summed E-state index contributed by atoms with van der Waals surface area (Å²) in [5.41, 5.74) is 4.37. The standard InChI is InChI=1S/C29H32ClN3O3/c1-20(2)15-17-32(29(34)22-13-14-25(35-3)28(36-4)27(22)30)19-23-24(18-21-10-6-5-7-11-21)33-16-9-8-12-26(33)31-23/h5-14,16,20H,15,17-19H2,1-4H3. The molecule has 2 aromatic carbocycles. The number of fused-ring (bicyclic) bond motifs is 1. The average molecular weight is 506 g/mol. The fourth-order valence-electron chi connectivity index (χ4n) is 4.27. The molecule has 0 unspecified atom stereocenters. The zero-order valence-corrected chi connectivity index (χ0v) is 22.0. The van der Waals surface area contributed by atoms with Gasteiger partial charge in [-0.2, -0.15) is 0 Å². The van der Waals surface area contributed by atoms with Crippen LogP contribution in [-0.2, 0) is 13.0 Å². The predicted octanol–water partition coefficient (Wildman–Crippen LogP) is 6.28. The molecule has 2 heterocycles. The molecular weight excluding hydrogens is 474 g/mol. The molecule has 0 fully saturated rings. The molecule has 0 aliphatic heterocycles. The number of aromatic nitrogens is 2. The molecule has 0 aliphatic carbocycles. The third-order valence-corrected chi connectivity index (χ3v) is 6.62. The fourth-order valence-corrected chi connectivity index (χ4v) is 4.58. The minimum atomic E-state index is -0.163. The smallest absolute Gasteiger partial charge is 0.255 e. The number of carbonyl (C=O) groups excluding carboxylic acids is 1. The molecule has 7 heteroatoms. The fraction of sp³-hybridized carbons (Fsp3) is 0.310. The molecule has 0 saturated carbocycles. The van der Waals surface area contributed by atoms with Crippen LogP contribution in [-0.4, -0.2) is 41.0 Å². The topological polar surface area (TPSA) is 56.1 Å². The molecule has 4 aromatic rings. The van der Waals surface area contributed by atoms with E-state index in [4.69, 9.17) is 26.1 Å². The highest BCUT2D eigenvalue weighted by Gasteiger charge is 2.25. The van der Waals surface area contributed by atoms with E-state index >= 15 is 0 Å². The maximum atomic E-state index is 13.8. The van der Waals surface area contributed by atoms with E-state index in [0.717, 1.165) is 23.5 Å². The number of carbonyl (C=O) groups is 1.